The summed E-state index contributed by atoms with van der Waals surface area (Å²) < 4.78 is 84.1. The molecule has 3 aromatic rings. The van der Waals surface area contributed by atoms with Crippen molar-refractivity contribution in [2.75, 3.05) is 34.5 Å². The molecule has 3 aromatic carbocycles. The van der Waals surface area contributed by atoms with Crippen LogP contribution in [0.3, 0.4) is 0 Å². The quantitative estimate of drug-likeness (QED) is 0.0359. The first-order chi connectivity index (χ1) is 33.4. The third-order valence-corrected chi connectivity index (χ3v) is 21.0. The van der Waals surface area contributed by atoms with Crippen molar-refractivity contribution >= 4 is 60.3 Å². The van der Waals surface area contributed by atoms with Crippen molar-refractivity contribution in [2.45, 2.75) is 120 Å². The van der Waals surface area contributed by atoms with Crippen LogP contribution in [0.25, 0.3) is 0 Å². The second-order valence-electron chi connectivity index (χ2n) is 17.9. The molecule has 0 aliphatic carbocycles. The zero-order chi connectivity index (χ0) is 54.6. The molecular weight excluding hydrogens is 1140 g/mol. The van der Waals surface area contributed by atoms with E-state index in [2.05, 4.69) is 76.5 Å². The summed E-state index contributed by atoms with van der Waals surface area (Å²) in [4.78, 5) is 47.3. The van der Waals surface area contributed by atoms with E-state index in [0.29, 0.717) is 22.6 Å². The number of cyclic esters (lactones) is 1. The van der Waals surface area contributed by atoms with E-state index in [9.17, 15) is 43.8 Å². The van der Waals surface area contributed by atoms with E-state index >= 15 is 0 Å². The smallest absolute Gasteiger partial charge is 0.490 e. The van der Waals surface area contributed by atoms with Gasteiger partial charge >= 0.3 is 29.4 Å². The molecule has 3 aliphatic heterocycles. The lowest BCUT2D eigenvalue weighted by Gasteiger charge is -2.38. The molecule has 28 heteroatoms. The minimum atomic E-state index is -5.67. The van der Waals surface area contributed by atoms with Crippen LogP contribution in [0.15, 0.2) is 72.8 Å². The Morgan fingerprint density at radius 2 is 1.11 bits per heavy atom. The van der Waals surface area contributed by atoms with E-state index in [0.717, 1.165) is 15.7 Å². The zero-order valence-electron chi connectivity index (χ0n) is 41.4. The number of benzene rings is 3. The van der Waals surface area contributed by atoms with Gasteiger partial charge in [0, 0.05) is 17.0 Å². The lowest BCUT2D eigenvalue weighted by molar-refractivity contribution is -0.146. The van der Waals surface area contributed by atoms with E-state index in [1.165, 1.54) is 14.2 Å². The van der Waals surface area contributed by atoms with Crippen molar-refractivity contribution < 1.29 is 110 Å². The van der Waals surface area contributed by atoms with Crippen LogP contribution in [0.5, 0.6) is 17.2 Å². The highest BCUT2D eigenvalue weighted by molar-refractivity contribution is 14.1. The topological polar surface area (TPSA) is 343 Å². The predicted octanol–water partition coefficient (Wildman–Crippen LogP) is 5.70. The average molecular weight is 1210 g/mol. The SMILES string of the molecule is CC[C@H]1OC(=O)C(O[Si](C)(C)C(C)(C)C)[C@H]1C.COc1ccccc1I.COc1ccccc1[C@@H]1O[C@H](CO)[C@H](O)C1O.COc1ccccc1[C@@H]1O[C@H](COP(=O)(O)OP(=O)(O)OP(=O)(O)O)[C@H](O)C1O. The second-order valence-corrected chi connectivity index (χ2v) is 28.2. The molecule has 0 bridgehead atoms. The number of aliphatic hydroxyl groups is 5. The van der Waals surface area contributed by atoms with Crippen molar-refractivity contribution in [3.05, 3.63) is 87.5 Å². The van der Waals surface area contributed by atoms with Gasteiger partial charge in [0.05, 0.1) is 38.1 Å². The van der Waals surface area contributed by atoms with Crippen LogP contribution >= 0.6 is 46.1 Å². The molecule has 3 aliphatic rings. The van der Waals surface area contributed by atoms with Crippen LogP contribution in [0.4, 0.5) is 0 Å². The van der Waals surface area contributed by atoms with Crippen LogP contribution in [0.2, 0.25) is 18.1 Å². The minimum absolute atomic E-state index is 0.0252. The van der Waals surface area contributed by atoms with Gasteiger partial charge in [0.25, 0.3) is 0 Å². The fourth-order valence-corrected chi connectivity index (χ4v) is 12.0. The Balaban J connectivity index is 0.000000273. The number of carbonyl (C=O) groups is 1. The highest BCUT2D eigenvalue weighted by Gasteiger charge is 2.49. The lowest BCUT2D eigenvalue weighted by Crippen LogP contribution is -2.46. The highest BCUT2D eigenvalue weighted by atomic mass is 127. The van der Waals surface area contributed by atoms with Crippen molar-refractivity contribution in [3.63, 3.8) is 0 Å². The molecule has 0 radical (unpaired) electrons. The summed E-state index contributed by atoms with van der Waals surface area (Å²) in [6.07, 6.45) is -8.59. The fourth-order valence-electron chi connectivity index (χ4n) is 7.02. The molecule has 9 N–H and O–H groups in total. The maximum atomic E-state index is 11.8. The molecule has 3 fully saturated rings. The number of ether oxygens (including phenoxy) is 6. The van der Waals surface area contributed by atoms with Gasteiger partial charge in [-0.3, -0.25) is 4.52 Å². The third-order valence-electron chi connectivity index (χ3n) is 11.9. The summed E-state index contributed by atoms with van der Waals surface area (Å²) in [5.74, 6) is 1.87. The third kappa shape index (κ3) is 18.1. The van der Waals surface area contributed by atoms with Crippen molar-refractivity contribution in [3.8, 4) is 17.2 Å². The van der Waals surface area contributed by atoms with Crippen LogP contribution < -0.4 is 14.2 Å². The Morgan fingerprint density at radius 3 is 1.50 bits per heavy atom. The van der Waals surface area contributed by atoms with Gasteiger partial charge < -0.3 is 78.0 Å². The Morgan fingerprint density at radius 1 is 0.667 bits per heavy atom. The molecule has 5 unspecified atom stereocenters. The Hall–Kier alpha value is -2.43. The normalized spacial score (nSPS) is 27.8. The predicted molar refractivity (Wildman–Crippen MR) is 269 cm³/mol. The van der Waals surface area contributed by atoms with Gasteiger partial charge in [-0.25, -0.2) is 18.5 Å². The molecule has 72 heavy (non-hydrogen) atoms. The van der Waals surface area contributed by atoms with E-state index in [-0.39, 0.29) is 35.7 Å². The molecule has 0 amide bonds. The van der Waals surface area contributed by atoms with Crippen LogP contribution in [-0.2, 0) is 50.3 Å². The average Bonchev–Trinajstić information content (AvgIpc) is 3.87. The molecule has 13 atom stereocenters. The first kappa shape index (κ1) is 63.9. The molecular formula is C44H68IO23P3Si. The zero-order valence-corrected chi connectivity index (χ0v) is 47.2. The van der Waals surface area contributed by atoms with Gasteiger partial charge in [-0.2, -0.15) is 8.62 Å². The lowest BCUT2D eigenvalue weighted by atomic mass is 10.00. The van der Waals surface area contributed by atoms with E-state index in [1.807, 2.05) is 37.3 Å². The van der Waals surface area contributed by atoms with Gasteiger partial charge in [-0.15, -0.1) is 0 Å². The van der Waals surface area contributed by atoms with Crippen molar-refractivity contribution in [2.24, 2.45) is 5.92 Å². The number of rotatable bonds is 16. The van der Waals surface area contributed by atoms with E-state index < -0.39 is 87.2 Å². The monoisotopic (exact) mass is 1210 g/mol. The molecule has 6 rings (SSSR count). The highest BCUT2D eigenvalue weighted by Crippen LogP contribution is 2.66. The maximum Gasteiger partial charge on any atom is 0.490 e. The first-order valence-corrected chi connectivity index (χ1v) is 30.7. The van der Waals surface area contributed by atoms with Gasteiger partial charge in [-0.05, 0) is 71.4 Å². The molecule has 0 aromatic heterocycles. The summed E-state index contributed by atoms with van der Waals surface area (Å²) in [6.45, 7) is 13.8. The number of aliphatic hydroxyl groups excluding tert-OH is 5. The molecule has 0 spiro atoms. The van der Waals surface area contributed by atoms with Crippen LogP contribution in [0.1, 0.15) is 64.4 Å². The number of hydrogen-bond donors (Lipinski definition) is 9. The number of methoxy groups -OCH3 is 3. The number of para-hydroxylation sites is 3. The molecule has 23 nitrogen and oxygen atoms in total. The summed E-state index contributed by atoms with van der Waals surface area (Å²) >= 11 is 2.24. The van der Waals surface area contributed by atoms with Gasteiger partial charge in [0.2, 0.25) is 0 Å². The first-order valence-electron chi connectivity index (χ1n) is 22.2. The minimum Gasteiger partial charge on any atom is -0.496 e. The Bertz CT molecular complexity index is 2340. The summed E-state index contributed by atoms with van der Waals surface area (Å²) in [6, 6.07) is 21.5. The Kier molecular flexibility index (Phi) is 24.4. The maximum absolute atomic E-state index is 11.8. The molecule has 3 saturated heterocycles. The van der Waals surface area contributed by atoms with Crippen LogP contribution in [0, 0.1) is 9.49 Å². The number of esters is 1. The van der Waals surface area contributed by atoms with E-state index in [1.54, 1.807) is 49.6 Å². The number of phosphoric acid groups is 3. The number of hydrogen-bond acceptors (Lipinski definition) is 19. The van der Waals surface area contributed by atoms with Gasteiger partial charge in [0.15, 0.2) is 8.32 Å². The summed E-state index contributed by atoms with van der Waals surface area (Å²) in [5, 5.41) is 49.0. The molecule has 0 saturated carbocycles. The number of phosphoric ester groups is 1. The Labute approximate surface area is 433 Å². The summed E-state index contributed by atoms with van der Waals surface area (Å²) in [7, 11) is -13.9. The summed E-state index contributed by atoms with van der Waals surface area (Å²) in [5.41, 5.74) is 1.04. The number of carbonyl (C=O) groups excluding carboxylic acids is 1. The van der Waals surface area contributed by atoms with Gasteiger partial charge in [-0.1, -0.05) is 83.1 Å². The van der Waals surface area contributed by atoms with E-state index in [4.69, 9.17) is 52.6 Å². The van der Waals surface area contributed by atoms with Crippen LogP contribution in [-0.4, -0.2) is 143 Å². The molecule has 408 valence electrons. The fraction of sp³-hybridized carbons (Fsp3) is 0.568. The standard InChI is InChI=1S/C13H26O3Si.C12H19O14P3.C12H16O5.C7H7IO/c1-8-10-9(2)11(12(14)15-10)16-17(6,7)13(3,4)5;1-22-8-5-3-2-4-7(8)12-11(14)10(13)9(24-12)6-23-28(18,19)26-29(20,21)25-27(15,16)17;1-16-8-5-3-2-4-7(8)12-11(15)10(14)9(6-13)17-12;1-9-7-5-3-2-4-6(7)8/h9-11H,8H2,1-7H3;2-5,9-14H,6H2,1H3,(H,18,19)(H,20,21)(H2,15,16,17);2-5,9-15H,6H2,1H3;2-5H,1H3/t9-,10+,11?;2*9-,10+,11?,12+;/m011./s1. The largest absolute Gasteiger partial charge is 0.496 e. The molecule has 3 heterocycles. The number of halogens is 1. The van der Waals surface area contributed by atoms with Crippen molar-refractivity contribution in [1.82, 2.24) is 0 Å². The van der Waals surface area contributed by atoms with Crippen molar-refractivity contribution in [1.29, 1.82) is 0 Å². The van der Waals surface area contributed by atoms with Gasteiger partial charge in [0.1, 0.15) is 78.3 Å². The second kappa shape index (κ2) is 27.6.